The van der Waals surface area contributed by atoms with E-state index in [1.54, 1.807) is 6.26 Å². The van der Waals surface area contributed by atoms with Gasteiger partial charge in [-0.25, -0.2) is 4.98 Å². The first-order valence-electron chi connectivity index (χ1n) is 6.62. The number of hydrogen-bond donors (Lipinski definition) is 0. The van der Waals surface area contributed by atoms with Crippen molar-refractivity contribution in [2.75, 3.05) is 0 Å². The average molecular weight is 300 g/mol. The summed E-state index contributed by atoms with van der Waals surface area (Å²) in [5.74, 6) is 1.73. The molecule has 4 heteroatoms. The molecule has 0 atom stereocenters. The van der Waals surface area contributed by atoms with Crippen molar-refractivity contribution in [1.29, 1.82) is 0 Å². The number of oxazole rings is 1. The molecule has 1 heterocycles. The SMILES string of the molecule is ClCc1coc(-c2ccc(OCc3ccccc3)cc2)n1. The van der Waals surface area contributed by atoms with Crippen LogP contribution < -0.4 is 4.74 Å². The Morgan fingerprint density at radius 1 is 1.00 bits per heavy atom. The van der Waals surface area contributed by atoms with Crippen molar-refractivity contribution in [3.8, 4) is 17.2 Å². The lowest BCUT2D eigenvalue weighted by Crippen LogP contribution is -1.94. The van der Waals surface area contributed by atoms with Gasteiger partial charge in [0.1, 0.15) is 18.6 Å². The van der Waals surface area contributed by atoms with Gasteiger partial charge in [0.05, 0.1) is 11.6 Å². The summed E-state index contributed by atoms with van der Waals surface area (Å²) in [6, 6.07) is 17.7. The summed E-state index contributed by atoms with van der Waals surface area (Å²) in [6.07, 6.45) is 1.57. The van der Waals surface area contributed by atoms with E-state index in [0.29, 0.717) is 18.4 Å². The van der Waals surface area contributed by atoms with Gasteiger partial charge in [0, 0.05) is 5.56 Å². The summed E-state index contributed by atoms with van der Waals surface area (Å²) in [5, 5.41) is 0. The Bertz CT molecular complexity index is 692. The highest BCUT2D eigenvalue weighted by molar-refractivity contribution is 6.16. The smallest absolute Gasteiger partial charge is 0.226 e. The van der Waals surface area contributed by atoms with E-state index >= 15 is 0 Å². The summed E-state index contributed by atoms with van der Waals surface area (Å²) < 4.78 is 11.1. The Kier molecular flexibility index (Phi) is 4.22. The second kappa shape index (κ2) is 6.46. The first-order valence-corrected chi connectivity index (χ1v) is 7.16. The van der Waals surface area contributed by atoms with Gasteiger partial charge in [-0.15, -0.1) is 11.6 Å². The van der Waals surface area contributed by atoms with E-state index in [2.05, 4.69) is 4.98 Å². The minimum atomic E-state index is 0.349. The average Bonchev–Trinajstić information content (AvgIpc) is 3.03. The van der Waals surface area contributed by atoms with Gasteiger partial charge < -0.3 is 9.15 Å². The summed E-state index contributed by atoms with van der Waals surface area (Å²) in [6.45, 7) is 0.551. The van der Waals surface area contributed by atoms with E-state index in [9.17, 15) is 0 Å². The molecule has 3 rings (SSSR count). The molecule has 0 spiro atoms. The summed E-state index contributed by atoms with van der Waals surface area (Å²) in [5.41, 5.74) is 2.77. The summed E-state index contributed by atoms with van der Waals surface area (Å²) >= 11 is 5.71. The highest BCUT2D eigenvalue weighted by atomic mass is 35.5. The van der Waals surface area contributed by atoms with Gasteiger partial charge >= 0.3 is 0 Å². The van der Waals surface area contributed by atoms with Crippen molar-refractivity contribution in [1.82, 2.24) is 4.98 Å². The predicted molar refractivity (Wildman–Crippen MR) is 82.3 cm³/mol. The Hall–Kier alpha value is -2.26. The van der Waals surface area contributed by atoms with Crippen LogP contribution in [0.25, 0.3) is 11.5 Å². The topological polar surface area (TPSA) is 35.3 Å². The molecule has 21 heavy (non-hydrogen) atoms. The molecule has 1 aromatic heterocycles. The lowest BCUT2D eigenvalue weighted by molar-refractivity contribution is 0.306. The lowest BCUT2D eigenvalue weighted by Gasteiger charge is -2.06. The van der Waals surface area contributed by atoms with Crippen molar-refractivity contribution < 1.29 is 9.15 Å². The molecule has 0 aliphatic carbocycles. The van der Waals surface area contributed by atoms with Crippen LogP contribution in [-0.2, 0) is 12.5 Å². The normalized spacial score (nSPS) is 10.5. The zero-order chi connectivity index (χ0) is 14.5. The van der Waals surface area contributed by atoms with Crippen LogP contribution in [0.2, 0.25) is 0 Å². The molecule has 0 amide bonds. The third-order valence-corrected chi connectivity index (χ3v) is 3.31. The van der Waals surface area contributed by atoms with Crippen molar-refractivity contribution in [2.45, 2.75) is 12.5 Å². The Balaban J connectivity index is 1.66. The minimum Gasteiger partial charge on any atom is -0.489 e. The molecular weight excluding hydrogens is 286 g/mol. The molecule has 0 aliphatic heterocycles. The molecule has 2 aromatic carbocycles. The van der Waals surface area contributed by atoms with Gasteiger partial charge in [-0.3, -0.25) is 0 Å². The van der Waals surface area contributed by atoms with Crippen LogP contribution in [0.4, 0.5) is 0 Å². The second-order valence-corrected chi connectivity index (χ2v) is 4.84. The molecule has 0 unspecified atom stereocenters. The Morgan fingerprint density at radius 3 is 2.43 bits per heavy atom. The molecule has 0 aliphatic rings. The minimum absolute atomic E-state index is 0.349. The maximum atomic E-state index is 5.74. The first-order chi connectivity index (χ1) is 10.3. The lowest BCUT2D eigenvalue weighted by atomic mass is 10.2. The van der Waals surface area contributed by atoms with E-state index in [0.717, 1.165) is 22.6 Å². The monoisotopic (exact) mass is 299 g/mol. The second-order valence-electron chi connectivity index (χ2n) is 4.58. The van der Waals surface area contributed by atoms with E-state index in [4.69, 9.17) is 20.8 Å². The maximum Gasteiger partial charge on any atom is 0.226 e. The Labute approximate surface area is 128 Å². The summed E-state index contributed by atoms with van der Waals surface area (Å²) in [4.78, 5) is 4.28. The largest absolute Gasteiger partial charge is 0.489 e. The number of benzene rings is 2. The van der Waals surface area contributed by atoms with E-state index in [-0.39, 0.29) is 0 Å². The van der Waals surface area contributed by atoms with Crippen LogP contribution in [0, 0.1) is 0 Å². The van der Waals surface area contributed by atoms with Crippen LogP contribution >= 0.6 is 11.6 Å². The molecule has 3 nitrogen and oxygen atoms in total. The fourth-order valence-corrected chi connectivity index (χ4v) is 2.06. The van der Waals surface area contributed by atoms with Gasteiger partial charge in [-0.1, -0.05) is 30.3 Å². The van der Waals surface area contributed by atoms with Crippen LogP contribution in [0.3, 0.4) is 0 Å². The van der Waals surface area contributed by atoms with Crippen molar-refractivity contribution in [3.05, 3.63) is 72.1 Å². The van der Waals surface area contributed by atoms with Crippen LogP contribution in [-0.4, -0.2) is 4.98 Å². The number of alkyl halides is 1. The predicted octanol–water partition coefficient (Wildman–Crippen LogP) is 4.66. The molecule has 0 bridgehead atoms. The molecule has 106 valence electrons. The zero-order valence-electron chi connectivity index (χ0n) is 11.3. The Morgan fingerprint density at radius 2 is 1.76 bits per heavy atom. The third-order valence-electron chi connectivity index (χ3n) is 3.04. The molecule has 0 saturated carbocycles. The van der Waals surface area contributed by atoms with Gasteiger partial charge in [-0.2, -0.15) is 0 Å². The molecule has 3 aromatic rings. The van der Waals surface area contributed by atoms with E-state index in [1.807, 2.05) is 54.6 Å². The highest BCUT2D eigenvalue weighted by Gasteiger charge is 2.06. The van der Waals surface area contributed by atoms with Gasteiger partial charge in [-0.05, 0) is 29.8 Å². The fraction of sp³-hybridized carbons (Fsp3) is 0.118. The number of aromatic nitrogens is 1. The number of rotatable bonds is 5. The maximum absolute atomic E-state index is 5.74. The van der Waals surface area contributed by atoms with Crippen molar-refractivity contribution >= 4 is 11.6 Å². The van der Waals surface area contributed by atoms with E-state index < -0.39 is 0 Å². The van der Waals surface area contributed by atoms with Crippen LogP contribution in [0.5, 0.6) is 5.75 Å². The molecular formula is C17H14ClNO2. The number of nitrogens with zero attached hydrogens (tertiary/aromatic N) is 1. The highest BCUT2D eigenvalue weighted by Crippen LogP contribution is 2.22. The molecule has 0 radical (unpaired) electrons. The van der Waals surface area contributed by atoms with Gasteiger partial charge in [0.15, 0.2) is 0 Å². The molecule has 0 saturated heterocycles. The van der Waals surface area contributed by atoms with Crippen molar-refractivity contribution in [2.24, 2.45) is 0 Å². The molecule has 0 fully saturated rings. The number of ether oxygens (including phenoxy) is 1. The standard InChI is InChI=1S/C17H14ClNO2/c18-10-15-12-21-17(19-15)14-6-8-16(9-7-14)20-11-13-4-2-1-3-5-13/h1-9,12H,10-11H2. The van der Waals surface area contributed by atoms with Crippen LogP contribution in [0.1, 0.15) is 11.3 Å². The van der Waals surface area contributed by atoms with Gasteiger partial charge in [0.2, 0.25) is 5.89 Å². The summed E-state index contributed by atoms with van der Waals surface area (Å²) in [7, 11) is 0. The number of halogens is 1. The first kappa shape index (κ1) is 13.7. The van der Waals surface area contributed by atoms with Crippen molar-refractivity contribution in [3.63, 3.8) is 0 Å². The van der Waals surface area contributed by atoms with Gasteiger partial charge in [0.25, 0.3) is 0 Å². The quantitative estimate of drug-likeness (QED) is 0.643. The number of hydrogen-bond acceptors (Lipinski definition) is 3. The third kappa shape index (κ3) is 3.44. The zero-order valence-corrected chi connectivity index (χ0v) is 12.1. The van der Waals surface area contributed by atoms with E-state index in [1.165, 1.54) is 0 Å². The van der Waals surface area contributed by atoms with Crippen LogP contribution in [0.15, 0.2) is 65.3 Å². The molecule has 0 N–H and O–H groups in total. The fourth-order valence-electron chi connectivity index (χ4n) is 1.94.